The summed E-state index contributed by atoms with van der Waals surface area (Å²) < 4.78 is 11.5. The largest absolute Gasteiger partial charge is 1.00 e. The molecule has 1 unspecified atom stereocenters. The van der Waals surface area contributed by atoms with E-state index < -0.39 is 5.97 Å². The molecule has 0 bridgehead atoms. The number of fused-ring (bicyclic) bond motifs is 1. The summed E-state index contributed by atoms with van der Waals surface area (Å²) in [5.41, 5.74) is 3.37. The summed E-state index contributed by atoms with van der Waals surface area (Å²) in [6.07, 6.45) is 4.77. The molecule has 0 spiro atoms. The summed E-state index contributed by atoms with van der Waals surface area (Å²) in [6.45, 7) is 10.4. The molecule has 1 aliphatic heterocycles. The molecule has 26 heavy (non-hydrogen) atoms. The smallest absolute Gasteiger partial charge is 0.545 e. The van der Waals surface area contributed by atoms with Gasteiger partial charge >= 0.3 is 29.6 Å². The number of hydrogen-bond donors (Lipinski definition) is 0. The topological polar surface area (TPSA) is 58.6 Å². The molecule has 5 heteroatoms. The SMILES string of the molecule is CC.CC1=C(C)C(Oc2ccc3c(c2)OCC(C(=O)[O-])=C3)=CC(C)C1.[Na+]. The van der Waals surface area contributed by atoms with Gasteiger partial charge in [0.15, 0.2) is 0 Å². The number of carbonyl (C=O) groups excluding carboxylic acids is 1. The predicted octanol–water partition coefficient (Wildman–Crippen LogP) is 0.881. The molecule has 0 aromatic heterocycles. The van der Waals surface area contributed by atoms with E-state index in [0.29, 0.717) is 17.4 Å². The van der Waals surface area contributed by atoms with Gasteiger partial charge in [0.25, 0.3) is 0 Å². The number of rotatable bonds is 3. The van der Waals surface area contributed by atoms with Gasteiger partial charge in [-0.3, -0.25) is 0 Å². The minimum Gasteiger partial charge on any atom is -0.545 e. The number of carboxylic acid groups (broad SMARTS) is 1. The number of carboxylic acids is 1. The fraction of sp³-hybridized carbons (Fsp3) is 0.381. The van der Waals surface area contributed by atoms with Gasteiger partial charge in [0.05, 0.1) is 5.97 Å². The summed E-state index contributed by atoms with van der Waals surface area (Å²) in [5, 5.41) is 10.9. The van der Waals surface area contributed by atoms with Gasteiger partial charge in [0.2, 0.25) is 0 Å². The van der Waals surface area contributed by atoms with E-state index in [1.165, 1.54) is 11.1 Å². The van der Waals surface area contributed by atoms with Crippen LogP contribution < -0.4 is 44.1 Å². The van der Waals surface area contributed by atoms with Crippen molar-refractivity contribution in [3.8, 4) is 11.5 Å². The molecule has 0 N–H and O–H groups in total. The summed E-state index contributed by atoms with van der Waals surface area (Å²) in [6, 6.07) is 5.41. The molecule has 1 aromatic carbocycles. The Balaban J connectivity index is 0.00000109. The third-order valence-corrected chi connectivity index (χ3v) is 4.26. The van der Waals surface area contributed by atoms with Crippen molar-refractivity contribution in [3.63, 3.8) is 0 Å². The first kappa shape index (κ1) is 22.6. The van der Waals surface area contributed by atoms with E-state index in [0.717, 1.165) is 17.7 Å². The van der Waals surface area contributed by atoms with Crippen LogP contribution in [-0.4, -0.2) is 12.6 Å². The maximum absolute atomic E-state index is 10.9. The molecule has 0 saturated carbocycles. The van der Waals surface area contributed by atoms with Crippen LogP contribution in [0.2, 0.25) is 0 Å². The summed E-state index contributed by atoms with van der Waals surface area (Å²) >= 11 is 0. The van der Waals surface area contributed by atoms with E-state index in [9.17, 15) is 9.90 Å². The zero-order valence-electron chi connectivity index (χ0n) is 16.5. The maximum Gasteiger partial charge on any atom is 1.00 e. The maximum atomic E-state index is 10.9. The van der Waals surface area contributed by atoms with Gasteiger partial charge in [-0.2, -0.15) is 0 Å². The van der Waals surface area contributed by atoms with Crippen LogP contribution in [-0.2, 0) is 4.79 Å². The molecule has 1 aliphatic carbocycles. The minimum atomic E-state index is -1.20. The van der Waals surface area contributed by atoms with Crippen LogP contribution in [0.25, 0.3) is 6.08 Å². The summed E-state index contributed by atoms with van der Waals surface area (Å²) in [7, 11) is 0. The number of hydrogen-bond acceptors (Lipinski definition) is 4. The number of benzene rings is 1. The van der Waals surface area contributed by atoms with Crippen molar-refractivity contribution >= 4 is 12.0 Å². The van der Waals surface area contributed by atoms with Crippen molar-refractivity contribution in [1.82, 2.24) is 0 Å². The Morgan fingerprint density at radius 2 is 1.96 bits per heavy atom. The van der Waals surface area contributed by atoms with Crippen LogP contribution in [0.3, 0.4) is 0 Å². The van der Waals surface area contributed by atoms with Crippen molar-refractivity contribution in [1.29, 1.82) is 0 Å². The number of ether oxygens (including phenoxy) is 2. The molecule has 0 fully saturated rings. The normalized spacial score (nSPS) is 18.1. The molecular weight excluding hydrogens is 339 g/mol. The molecule has 1 atom stereocenters. The van der Waals surface area contributed by atoms with Gasteiger partial charge in [-0.05, 0) is 56.0 Å². The molecule has 0 amide bonds. The van der Waals surface area contributed by atoms with Crippen molar-refractivity contribution in [3.05, 3.63) is 52.3 Å². The second-order valence-corrected chi connectivity index (χ2v) is 6.17. The van der Waals surface area contributed by atoms with Crippen molar-refractivity contribution in [2.24, 2.45) is 5.92 Å². The Kier molecular flexibility index (Phi) is 8.68. The van der Waals surface area contributed by atoms with Crippen LogP contribution in [0.15, 0.2) is 46.8 Å². The van der Waals surface area contributed by atoms with Crippen molar-refractivity contribution in [2.45, 2.75) is 41.0 Å². The first-order chi connectivity index (χ1) is 11.9. The summed E-state index contributed by atoms with van der Waals surface area (Å²) in [5.74, 6) is 1.43. The standard InChI is InChI=1S/C19H20O4.C2H6.Na/c1-11-6-12(2)13(3)17(7-11)23-16-5-4-14-8-15(19(20)21)10-22-18(14)9-16;1-2;/h4-5,7-9,11H,6,10H2,1-3H3,(H,20,21);1-2H3;/q;;+1/p-1. The molecule has 0 radical (unpaired) electrons. The predicted molar refractivity (Wildman–Crippen MR) is 97.1 cm³/mol. The van der Waals surface area contributed by atoms with E-state index in [4.69, 9.17) is 9.47 Å². The number of carbonyl (C=O) groups is 1. The Bertz CT molecular complexity index is 759. The van der Waals surface area contributed by atoms with E-state index in [2.05, 4.69) is 26.8 Å². The van der Waals surface area contributed by atoms with Gasteiger partial charge < -0.3 is 19.4 Å². The van der Waals surface area contributed by atoms with E-state index in [1.807, 2.05) is 19.9 Å². The van der Waals surface area contributed by atoms with Crippen molar-refractivity contribution in [2.75, 3.05) is 6.61 Å². The van der Waals surface area contributed by atoms with Gasteiger partial charge in [-0.25, -0.2) is 0 Å². The van der Waals surface area contributed by atoms with E-state index >= 15 is 0 Å². The molecule has 134 valence electrons. The minimum absolute atomic E-state index is 0. The second-order valence-electron chi connectivity index (χ2n) is 6.17. The number of allylic oxidation sites excluding steroid dienone is 3. The van der Waals surface area contributed by atoms with Crippen LogP contribution in [0.4, 0.5) is 0 Å². The Hall–Kier alpha value is -1.49. The average molecular weight is 364 g/mol. The van der Waals surface area contributed by atoms with Crippen LogP contribution in [0, 0.1) is 5.92 Å². The quantitative estimate of drug-likeness (QED) is 0.748. The molecule has 0 saturated heterocycles. The zero-order valence-corrected chi connectivity index (χ0v) is 18.5. The van der Waals surface area contributed by atoms with Gasteiger partial charge in [-0.15, -0.1) is 0 Å². The first-order valence-electron chi connectivity index (χ1n) is 8.69. The molecule has 1 aromatic rings. The third-order valence-electron chi connectivity index (χ3n) is 4.26. The van der Waals surface area contributed by atoms with Crippen LogP contribution >= 0.6 is 0 Å². The fourth-order valence-corrected chi connectivity index (χ4v) is 2.85. The van der Waals surface area contributed by atoms with Crippen molar-refractivity contribution < 1.29 is 48.9 Å². The Morgan fingerprint density at radius 3 is 2.62 bits per heavy atom. The van der Waals surface area contributed by atoms with Gasteiger partial charge in [0.1, 0.15) is 23.9 Å². The molecular formula is C21H25NaO4. The van der Waals surface area contributed by atoms with Crippen LogP contribution in [0.1, 0.15) is 46.6 Å². The first-order valence-corrected chi connectivity index (χ1v) is 8.69. The zero-order chi connectivity index (χ0) is 18.6. The fourth-order valence-electron chi connectivity index (χ4n) is 2.85. The molecule has 1 heterocycles. The molecule has 4 nitrogen and oxygen atoms in total. The second kappa shape index (κ2) is 10.0. The summed E-state index contributed by atoms with van der Waals surface area (Å²) in [4.78, 5) is 10.9. The van der Waals surface area contributed by atoms with Crippen LogP contribution in [0.5, 0.6) is 11.5 Å². The number of aliphatic carboxylic acids is 1. The monoisotopic (exact) mass is 364 g/mol. The third kappa shape index (κ3) is 5.26. The van der Waals surface area contributed by atoms with E-state index in [-0.39, 0.29) is 41.7 Å². The Labute approximate surface area is 177 Å². The molecule has 2 aliphatic rings. The Morgan fingerprint density at radius 1 is 1.27 bits per heavy atom. The van der Waals surface area contributed by atoms with E-state index in [1.54, 1.807) is 18.2 Å². The van der Waals surface area contributed by atoms with Gasteiger partial charge in [0, 0.05) is 17.2 Å². The average Bonchev–Trinajstić information content (AvgIpc) is 2.60. The van der Waals surface area contributed by atoms with Gasteiger partial charge in [-0.1, -0.05) is 26.3 Å². The molecule has 3 rings (SSSR count).